The van der Waals surface area contributed by atoms with E-state index in [-0.39, 0.29) is 22.5 Å². The third kappa shape index (κ3) is 7.95. The number of aromatic hydroxyl groups is 1. The zero-order valence-corrected chi connectivity index (χ0v) is 33.3. The van der Waals surface area contributed by atoms with Crippen LogP contribution in [0.1, 0.15) is 78.0 Å². The maximum Gasteiger partial charge on any atom is 0.137 e. The molecule has 55 heavy (non-hydrogen) atoms. The first-order valence-corrected chi connectivity index (χ1v) is 19.2. The maximum absolute atomic E-state index is 11.1. The number of rotatable bonds is 8. The first kappa shape index (κ1) is 37.3. The summed E-state index contributed by atoms with van der Waals surface area (Å²) in [6.45, 7) is 18.1. The minimum atomic E-state index is -0.0411. The van der Waals surface area contributed by atoms with Crippen LogP contribution >= 0.6 is 0 Å². The molecule has 0 radical (unpaired) electrons. The molecule has 0 saturated carbocycles. The van der Waals surface area contributed by atoms with E-state index in [4.69, 9.17) is 9.97 Å². The van der Waals surface area contributed by atoms with Crippen molar-refractivity contribution in [1.82, 2.24) is 9.97 Å². The summed E-state index contributed by atoms with van der Waals surface area (Å²) in [6, 6.07) is 50.6. The number of para-hydroxylation sites is 2. The molecule has 0 amide bonds. The molecule has 7 rings (SSSR count). The largest absolute Gasteiger partial charge is 0.507 e. The highest BCUT2D eigenvalue weighted by Gasteiger charge is 2.25. The lowest BCUT2D eigenvalue weighted by Crippen LogP contribution is -2.16. The van der Waals surface area contributed by atoms with E-state index in [0.29, 0.717) is 11.3 Å². The highest BCUT2D eigenvalue weighted by Crippen LogP contribution is 2.45. The predicted molar refractivity (Wildman–Crippen MR) is 232 cm³/mol. The first-order chi connectivity index (χ1) is 26.3. The second-order valence-corrected chi connectivity index (χ2v) is 16.8. The number of anilines is 3. The Hall–Kier alpha value is -6.00. The van der Waals surface area contributed by atoms with Gasteiger partial charge in [-0.15, -0.1) is 0 Å². The van der Waals surface area contributed by atoms with Gasteiger partial charge in [0.15, 0.2) is 0 Å². The van der Waals surface area contributed by atoms with Crippen LogP contribution in [0.3, 0.4) is 0 Å². The Balaban J connectivity index is 1.47. The Morgan fingerprint density at radius 2 is 1.13 bits per heavy atom. The second-order valence-electron chi connectivity index (χ2n) is 16.8. The average Bonchev–Trinajstić information content (AvgIpc) is 3.18. The molecule has 0 aliphatic rings. The van der Waals surface area contributed by atoms with Crippen LogP contribution in [0.25, 0.3) is 44.8 Å². The number of hydrogen-bond donors (Lipinski definition) is 1. The van der Waals surface area contributed by atoms with Crippen molar-refractivity contribution in [1.29, 1.82) is 0 Å². The zero-order valence-electron chi connectivity index (χ0n) is 33.3. The van der Waals surface area contributed by atoms with Gasteiger partial charge in [0, 0.05) is 28.6 Å². The fraction of sp³-hybridized carbons (Fsp3) is 0.216. The van der Waals surface area contributed by atoms with Crippen molar-refractivity contribution in [3.05, 3.63) is 168 Å². The lowest BCUT2D eigenvalue weighted by atomic mass is 9.79. The fourth-order valence-corrected chi connectivity index (χ4v) is 7.13. The summed E-state index contributed by atoms with van der Waals surface area (Å²) in [7, 11) is 0. The van der Waals surface area contributed by atoms with Gasteiger partial charge in [0.25, 0.3) is 0 Å². The summed E-state index contributed by atoms with van der Waals surface area (Å²) in [4.78, 5) is 12.5. The molecule has 1 N–H and O–H groups in total. The highest BCUT2D eigenvalue weighted by molar-refractivity contribution is 5.90. The Labute approximate surface area is 327 Å². The monoisotopic (exact) mass is 721 g/mol. The second kappa shape index (κ2) is 15.0. The van der Waals surface area contributed by atoms with Gasteiger partial charge in [0.05, 0.1) is 17.1 Å². The molecule has 0 spiro atoms. The minimum Gasteiger partial charge on any atom is -0.507 e. The molecular weight excluding hydrogens is 671 g/mol. The van der Waals surface area contributed by atoms with Gasteiger partial charge < -0.3 is 5.11 Å². The van der Waals surface area contributed by atoms with Crippen LogP contribution in [-0.2, 0) is 10.8 Å². The van der Waals surface area contributed by atoms with Crippen LogP contribution in [0.5, 0.6) is 5.75 Å². The number of phenolic OH excluding ortho intramolecular Hbond substituents is 1. The molecule has 0 aliphatic heterocycles. The van der Waals surface area contributed by atoms with E-state index in [2.05, 4.69) is 169 Å². The number of nitrogens with zero attached hydrogens (tertiary/aromatic N) is 3. The summed E-state index contributed by atoms with van der Waals surface area (Å²) < 4.78 is 0. The van der Waals surface area contributed by atoms with Gasteiger partial charge in [0.1, 0.15) is 11.6 Å². The molecule has 0 atom stereocenters. The van der Waals surface area contributed by atoms with Gasteiger partial charge in [-0.3, -0.25) is 4.90 Å². The molecule has 2 aromatic heterocycles. The molecule has 0 saturated heterocycles. The molecule has 0 fully saturated rings. The summed E-state index contributed by atoms with van der Waals surface area (Å²) in [5.74, 6) is 1.29. The summed E-state index contributed by atoms with van der Waals surface area (Å²) in [6.07, 6.45) is 1.85. The van der Waals surface area contributed by atoms with Crippen LogP contribution in [0.15, 0.2) is 152 Å². The Morgan fingerprint density at radius 1 is 0.527 bits per heavy atom. The van der Waals surface area contributed by atoms with Crippen molar-refractivity contribution < 1.29 is 5.11 Å². The molecule has 7 aromatic rings. The number of pyridine rings is 2. The lowest BCUT2D eigenvalue weighted by Gasteiger charge is -2.30. The van der Waals surface area contributed by atoms with Crippen LogP contribution in [-0.4, -0.2) is 15.1 Å². The Morgan fingerprint density at radius 3 is 1.78 bits per heavy atom. The lowest BCUT2D eigenvalue weighted by molar-refractivity contribution is 0.477. The topological polar surface area (TPSA) is 49.2 Å². The maximum atomic E-state index is 11.1. The zero-order chi connectivity index (χ0) is 38.9. The van der Waals surface area contributed by atoms with Crippen molar-refractivity contribution >= 4 is 17.2 Å². The van der Waals surface area contributed by atoms with Crippen molar-refractivity contribution in [3.63, 3.8) is 0 Å². The van der Waals surface area contributed by atoms with Crippen molar-refractivity contribution in [2.45, 2.75) is 72.1 Å². The van der Waals surface area contributed by atoms with Gasteiger partial charge in [-0.2, -0.15) is 0 Å². The first-order valence-electron chi connectivity index (χ1n) is 19.2. The molecule has 4 heteroatoms. The van der Waals surface area contributed by atoms with Gasteiger partial charge in [-0.25, -0.2) is 9.97 Å². The molecule has 4 nitrogen and oxygen atoms in total. The van der Waals surface area contributed by atoms with Gasteiger partial charge in [0.2, 0.25) is 0 Å². The van der Waals surface area contributed by atoms with E-state index < -0.39 is 0 Å². The smallest absolute Gasteiger partial charge is 0.137 e. The third-order valence-electron chi connectivity index (χ3n) is 10.3. The van der Waals surface area contributed by atoms with Crippen molar-refractivity contribution in [2.24, 2.45) is 0 Å². The molecule has 0 bridgehead atoms. The molecule has 0 unspecified atom stereocenters. The molecular formula is C51H51N3O. The van der Waals surface area contributed by atoms with Crippen molar-refractivity contribution in [2.75, 3.05) is 4.90 Å². The summed E-state index contributed by atoms with van der Waals surface area (Å²) in [5.41, 5.74) is 13.4. The van der Waals surface area contributed by atoms with E-state index in [1.807, 2.05) is 36.5 Å². The number of hydrogen-bond acceptors (Lipinski definition) is 4. The fourth-order valence-electron chi connectivity index (χ4n) is 7.13. The third-order valence-corrected chi connectivity index (χ3v) is 10.3. The normalized spacial score (nSPS) is 11.9. The van der Waals surface area contributed by atoms with Crippen LogP contribution < -0.4 is 4.90 Å². The Bertz CT molecular complexity index is 2400. The molecule has 0 aliphatic carbocycles. The SMILES string of the molecule is CC(C)c1cccc(-c2ccccc2)c1N(c1cccc(-c2cc(-c3cc(C(C)(C)C)cc(C(C)(C)C)c3)cc(-c3ccccc3O)n2)c1)c1ccccn1. The van der Waals surface area contributed by atoms with E-state index in [9.17, 15) is 5.11 Å². The molecule has 2 heterocycles. The minimum absolute atomic E-state index is 0.0411. The Kier molecular flexibility index (Phi) is 10.2. The van der Waals surface area contributed by atoms with E-state index in [1.165, 1.54) is 16.7 Å². The van der Waals surface area contributed by atoms with Crippen LogP contribution in [0.4, 0.5) is 17.2 Å². The van der Waals surface area contributed by atoms with Crippen LogP contribution in [0, 0.1) is 0 Å². The predicted octanol–water partition coefficient (Wildman–Crippen LogP) is 14.0. The van der Waals surface area contributed by atoms with Gasteiger partial charge in [-0.1, -0.05) is 152 Å². The van der Waals surface area contributed by atoms with E-state index in [0.717, 1.165) is 50.7 Å². The van der Waals surface area contributed by atoms with E-state index in [1.54, 1.807) is 6.07 Å². The van der Waals surface area contributed by atoms with Crippen LogP contribution in [0.2, 0.25) is 0 Å². The molecule has 276 valence electrons. The number of phenols is 1. The number of aromatic nitrogens is 2. The van der Waals surface area contributed by atoms with Gasteiger partial charge in [-0.05, 0) is 98.7 Å². The highest BCUT2D eigenvalue weighted by atomic mass is 16.3. The number of benzene rings is 5. The summed E-state index contributed by atoms with van der Waals surface area (Å²) in [5, 5.41) is 11.1. The van der Waals surface area contributed by atoms with E-state index >= 15 is 0 Å². The summed E-state index contributed by atoms with van der Waals surface area (Å²) >= 11 is 0. The average molecular weight is 722 g/mol. The quantitative estimate of drug-likeness (QED) is 0.170. The molecule has 5 aromatic carbocycles. The van der Waals surface area contributed by atoms with Crippen molar-refractivity contribution in [3.8, 4) is 50.5 Å². The van der Waals surface area contributed by atoms with Gasteiger partial charge >= 0.3 is 0 Å². The standard InChI is InChI=1S/C51H51N3O/c1-34(2)42-23-17-24-43(35-18-10-9-11-19-35)49(42)54(48-26-14-15-27-52-48)41-21-16-20-36(30-41)45-31-38(32-46(53-45)44-22-12-13-25-47(44)55)37-28-39(50(3,4)5)33-40(29-37)51(6,7)8/h9-34,55H,1-8H3.